The third-order valence-electron chi connectivity index (χ3n) is 4.18. The predicted octanol–water partition coefficient (Wildman–Crippen LogP) is 1.68. The number of β-amino-alcohol motifs (C(OH)–C–C–N with tert-alkyl or cyclic N) is 1. The van der Waals surface area contributed by atoms with Gasteiger partial charge >= 0.3 is 0 Å². The molecule has 1 aromatic carbocycles. The molecule has 0 bridgehead atoms. The number of aliphatic hydroxyl groups is 1. The number of morpholine rings is 1. The highest BCUT2D eigenvalue weighted by atomic mass is 19.1. The van der Waals surface area contributed by atoms with Crippen molar-refractivity contribution in [3.8, 4) is 0 Å². The average Bonchev–Trinajstić information content (AvgIpc) is 3.03. The number of benzene rings is 1. The van der Waals surface area contributed by atoms with E-state index in [0.29, 0.717) is 19.7 Å². The number of halogens is 2. The smallest absolute Gasteiger partial charge is 0.163 e. The molecule has 0 amide bonds. The van der Waals surface area contributed by atoms with Gasteiger partial charge in [-0.15, -0.1) is 10.2 Å². The number of aryl methyl sites for hydroxylation is 1. The Morgan fingerprint density at radius 3 is 3.00 bits per heavy atom. The first kappa shape index (κ1) is 16.9. The van der Waals surface area contributed by atoms with Crippen LogP contribution in [-0.2, 0) is 11.3 Å². The number of ether oxygens (including phenoxy) is 1. The maximum absolute atomic E-state index is 13.8. The van der Waals surface area contributed by atoms with Crippen LogP contribution in [0.4, 0.5) is 8.78 Å². The van der Waals surface area contributed by atoms with Gasteiger partial charge in [0.2, 0.25) is 0 Å². The molecule has 2 aromatic rings. The first-order chi connectivity index (χ1) is 11.6. The molecule has 2 heterocycles. The molecule has 1 aliphatic rings. The Labute approximate surface area is 138 Å². The molecule has 0 radical (unpaired) electrons. The number of hydrogen-bond acceptors (Lipinski definition) is 5. The topological polar surface area (TPSA) is 63.4 Å². The van der Waals surface area contributed by atoms with Gasteiger partial charge in [0.05, 0.1) is 12.7 Å². The third-order valence-corrected chi connectivity index (χ3v) is 4.18. The van der Waals surface area contributed by atoms with Crippen molar-refractivity contribution >= 4 is 0 Å². The van der Waals surface area contributed by atoms with Gasteiger partial charge in [-0.2, -0.15) is 0 Å². The third kappa shape index (κ3) is 3.61. The van der Waals surface area contributed by atoms with E-state index >= 15 is 0 Å². The van der Waals surface area contributed by atoms with Gasteiger partial charge < -0.3 is 14.4 Å². The van der Waals surface area contributed by atoms with Crippen LogP contribution in [0, 0.1) is 11.6 Å². The molecule has 130 valence electrons. The molecule has 1 saturated heterocycles. The summed E-state index contributed by atoms with van der Waals surface area (Å²) in [6.07, 6.45) is 0.375. The lowest BCUT2D eigenvalue weighted by Crippen LogP contribution is -2.41. The van der Waals surface area contributed by atoms with Crippen LogP contribution in [-0.4, -0.2) is 51.0 Å². The number of aliphatic hydroxyl groups excluding tert-OH is 1. The van der Waals surface area contributed by atoms with Crippen molar-refractivity contribution in [1.82, 2.24) is 19.7 Å². The Balaban J connectivity index is 1.67. The summed E-state index contributed by atoms with van der Waals surface area (Å²) in [7, 11) is 0. The molecule has 0 spiro atoms. The summed E-state index contributed by atoms with van der Waals surface area (Å²) in [6, 6.07) is 3.21. The Hall–Kier alpha value is -1.90. The van der Waals surface area contributed by atoms with Crippen LogP contribution < -0.4 is 0 Å². The lowest BCUT2D eigenvalue weighted by Gasteiger charge is -2.33. The summed E-state index contributed by atoms with van der Waals surface area (Å²) in [5.41, 5.74) is 0.0937. The Morgan fingerprint density at radius 1 is 1.42 bits per heavy atom. The molecule has 0 saturated carbocycles. The minimum atomic E-state index is -1.03. The molecule has 0 unspecified atom stereocenters. The Kier molecular flexibility index (Phi) is 5.17. The van der Waals surface area contributed by atoms with Crippen LogP contribution >= 0.6 is 0 Å². The van der Waals surface area contributed by atoms with Crippen LogP contribution in [0.5, 0.6) is 0 Å². The highest BCUT2D eigenvalue weighted by Gasteiger charge is 2.27. The molecule has 8 heteroatoms. The summed E-state index contributed by atoms with van der Waals surface area (Å²) in [4.78, 5) is 1.98. The van der Waals surface area contributed by atoms with Gasteiger partial charge in [-0.1, -0.05) is 6.07 Å². The lowest BCUT2D eigenvalue weighted by atomic mass is 10.1. The summed E-state index contributed by atoms with van der Waals surface area (Å²) < 4.78 is 34.4. The number of rotatable bonds is 5. The summed E-state index contributed by atoms with van der Waals surface area (Å²) >= 11 is 0. The van der Waals surface area contributed by atoms with Gasteiger partial charge in [0.25, 0.3) is 0 Å². The normalized spacial score (nSPS) is 20.2. The zero-order valence-corrected chi connectivity index (χ0v) is 13.4. The van der Waals surface area contributed by atoms with E-state index < -0.39 is 17.7 Å². The van der Waals surface area contributed by atoms with Gasteiger partial charge in [-0.25, -0.2) is 8.78 Å². The van der Waals surface area contributed by atoms with Gasteiger partial charge in [0, 0.05) is 37.8 Å². The molecule has 1 aliphatic heterocycles. The van der Waals surface area contributed by atoms with Crippen LogP contribution in [0.3, 0.4) is 0 Å². The fourth-order valence-corrected chi connectivity index (χ4v) is 2.90. The van der Waals surface area contributed by atoms with Crippen LogP contribution in [0.2, 0.25) is 0 Å². The van der Waals surface area contributed by atoms with Gasteiger partial charge in [-0.05, 0) is 13.0 Å². The van der Waals surface area contributed by atoms with E-state index in [-0.39, 0.29) is 18.2 Å². The molecule has 2 atom stereocenters. The highest BCUT2D eigenvalue weighted by molar-refractivity contribution is 5.21. The minimum Gasteiger partial charge on any atom is -0.387 e. The van der Waals surface area contributed by atoms with Crippen molar-refractivity contribution in [2.75, 3.05) is 26.2 Å². The standard InChI is InChI=1S/C16H20F2N4O2/c1-2-22-10-19-20-16(22)15-9-21(5-6-24-15)8-14(23)12-4-3-11(17)7-13(12)18/h3-4,7,10,14-15,23H,2,5-6,8-9H2,1H3/t14-,15-/m1/s1. The molecule has 1 N–H and O–H groups in total. The first-order valence-corrected chi connectivity index (χ1v) is 7.93. The quantitative estimate of drug-likeness (QED) is 0.899. The predicted molar refractivity (Wildman–Crippen MR) is 82.1 cm³/mol. The fourth-order valence-electron chi connectivity index (χ4n) is 2.90. The second-order valence-corrected chi connectivity index (χ2v) is 5.78. The van der Waals surface area contributed by atoms with E-state index in [0.717, 1.165) is 24.5 Å². The maximum Gasteiger partial charge on any atom is 0.163 e. The zero-order valence-electron chi connectivity index (χ0n) is 13.4. The monoisotopic (exact) mass is 338 g/mol. The second-order valence-electron chi connectivity index (χ2n) is 5.78. The van der Waals surface area contributed by atoms with Crippen molar-refractivity contribution in [2.45, 2.75) is 25.7 Å². The minimum absolute atomic E-state index is 0.0937. The molecule has 6 nitrogen and oxygen atoms in total. The van der Waals surface area contributed by atoms with E-state index in [1.54, 1.807) is 6.33 Å². The van der Waals surface area contributed by atoms with E-state index in [2.05, 4.69) is 10.2 Å². The van der Waals surface area contributed by atoms with Crippen molar-refractivity contribution in [3.05, 3.63) is 47.5 Å². The summed E-state index contributed by atoms with van der Waals surface area (Å²) in [5.74, 6) is -0.656. The summed E-state index contributed by atoms with van der Waals surface area (Å²) in [6.45, 7) is 4.61. The molecule has 1 aromatic heterocycles. The van der Waals surface area contributed by atoms with Crippen LogP contribution in [0.1, 0.15) is 30.5 Å². The highest BCUT2D eigenvalue weighted by Crippen LogP contribution is 2.24. The van der Waals surface area contributed by atoms with Crippen molar-refractivity contribution in [2.24, 2.45) is 0 Å². The van der Waals surface area contributed by atoms with Gasteiger partial charge in [0.1, 0.15) is 24.1 Å². The molecule has 0 aliphatic carbocycles. The van der Waals surface area contributed by atoms with Crippen LogP contribution in [0.15, 0.2) is 24.5 Å². The average molecular weight is 338 g/mol. The lowest BCUT2D eigenvalue weighted by molar-refractivity contribution is -0.0479. The van der Waals surface area contributed by atoms with E-state index in [1.807, 2.05) is 16.4 Å². The Morgan fingerprint density at radius 2 is 2.25 bits per heavy atom. The van der Waals surface area contributed by atoms with E-state index in [4.69, 9.17) is 4.74 Å². The molecule has 24 heavy (non-hydrogen) atoms. The Bertz CT molecular complexity index is 694. The first-order valence-electron chi connectivity index (χ1n) is 7.93. The summed E-state index contributed by atoms with van der Waals surface area (Å²) in [5, 5.41) is 18.3. The SMILES string of the molecule is CCn1cnnc1[C@H]1CN(C[C@@H](O)c2ccc(F)cc2F)CCO1. The van der Waals surface area contributed by atoms with Crippen molar-refractivity contribution in [3.63, 3.8) is 0 Å². The van der Waals surface area contributed by atoms with Gasteiger partial charge in [-0.3, -0.25) is 4.90 Å². The largest absolute Gasteiger partial charge is 0.387 e. The van der Waals surface area contributed by atoms with Gasteiger partial charge in [0.15, 0.2) is 5.82 Å². The van der Waals surface area contributed by atoms with E-state index in [1.165, 1.54) is 6.07 Å². The number of hydrogen-bond donors (Lipinski definition) is 1. The van der Waals surface area contributed by atoms with Crippen LogP contribution in [0.25, 0.3) is 0 Å². The molecular formula is C16H20F2N4O2. The van der Waals surface area contributed by atoms with E-state index in [9.17, 15) is 13.9 Å². The number of aromatic nitrogens is 3. The molecule has 3 rings (SSSR count). The fraction of sp³-hybridized carbons (Fsp3) is 0.500. The van der Waals surface area contributed by atoms with Crippen molar-refractivity contribution in [1.29, 1.82) is 0 Å². The van der Waals surface area contributed by atoms with Crippen molar-refractivity contribution < 1.29 is 18.6 Å². The molecule has 1 fully saturated rings. The second kappa shape index (κ2) is 7.33. The molecular weight excluding hydrogens is 318 g/mol. The maximum atomic E-state index is 13.8. The number of nitrogens with zero attached hydrogens (tertiary/aromatic N) is 4. The zero-order chi connectivity index (χ0) is 17.1.